The van der Waals surface area contributed by atoms with Crippen LogP contribution in [0, 0.1) is 0 Å². The number of hydrogen-bond acceptors (Lipinski definition) is 1. The monoisotopic (exact) mass is 355 g/mol. The highest BCUT2D eigenvalue weighted by molar-refractivity contribution is 6.04. The summed E-state index contributed by atoms with van der Waals surface area (Å²) in [4.78, 5) is 4.60. The molecule has 0 aliphatic carbocycles. The van der Waals surface area contributed by atoms with Gasteiger partial charge < -0.3 is 0 Å². The molecule has 26 heavy (non-hydrogen) atoms. The zero-order valence-electron chi connectivity index (χ0n) is 17.5. The highest BCUT2D eigenvalue weighted by atomic mass is 14.8. The van der Waals surface area contributed by atoms with Crippen LogP contribution in [-0.4, -0.2) is 5.71 Å². The van der Waals surface area contributed by atoms with Crippen LogP contribution in [0.4, 0.5) is 5.69 Å². The molecule has 0 amide bonds. The Kier molecular flexibility index (Phi) is 23.0. The molecule has 146 valence electrons. The van der Waals surface area contributed by atoms with Crippen molar-refractivity contribution in [3.8, 4) is 0 Å². The van der Waals surface area contributed by atoms with E-state index in [2.05, 4.69) is 47.5 Å². The number of aliphatic imine (C=N–C) groups is 1. The average Bonchev–Trinajstić information content (AvgIpc) is 3.16. The highest BCUT2D eigenvalue weighted by Crippen LogP contribution is 2.26. The molecule has 1 heteroatoms. The van der Waals surface area contributed by atoms with Crippen LogP contribution in [0.5, 0.6) is 0 Å². The molecule has 1 aliphatic rings. The van der Waals surface area contributed by atoms with Gasteiger partial charge in [0.05, 0.1) is 5.69 Å². The van der Waals surface area contributed by atoms with E-state index < -0.39 is 0 Å². The molecule has 0 atom stereocenters. The first-order valence-corrected chi connectivity index (χ1v) is 9.80. The minimum absolute atomic E-state index is 0. The minimum atomic E-state index is 0. The van der Waals surface area contributed by atoms with Crippen LogP contribution in [0.15, 0.2) is 65.7 Å². The van der Waals surface area contributed by atoms with Crippen molar-refractivity contribution < 1.29 is 0 Å². The van der Waals surface area contributed by atoms with E-state index in [1.54, 1.807) is 0 Å². The van der Waals surface area contributed by atoms with E-state index in [-0.39, 0.29) is 7.43 Å². The molecule has 0 radical (unpaired) electrons. The van der Waals surface area contributed by atoms with Crippen LogP contribution < -0.4 is 0 Å². The standard InChI is InChI=1S/C16H13N.4C2H6.CH4/c1-2-6-13(7-3-1)10-11-15-12-14-8-4-5-9-16(14)17-15;4*1-2;/h1-11H,12H2;4*1-2H3;1H4. The molecule has 0 aromatic heterocycles. The Morgan fingerprint density at radius 1 is 0.654 bits per heavy atom. The van der Waals surface area contributed by atoms with Crippen molar-refractivity contribution in [2.45, 2.75) is 69.2 Å². The number of benzene rings is 2. The predicted octanol–water partition coefficient (Wildman–Crippen LogP) is 8.77. The first-order chi connectivity index (χ1) is 12.4. The summed E-state index contributed by atoms with van der Waals surface area (Å²) in [6, 6.07) is 18.6. The highest BCUT2D eigenvalue weighted by Gasteiger charge is 2.10. The number of fused-ring (bicyclic) bond motifs is 1. The fourth-order valence-corrected chi connectivity index (χ4v) is 2.01. The van der Waals surface area contributed by atoms with Gasteiger partial charge in [-0.25, -0.2) is 0 Å². The Morgan fingerprint density at radius 2 is 1.15 bits per heavy atom. The van der Waals surface area contributed by atoms with E-state index in [4.69, 9.17) is 0 Å². The maximum atomic E-state index is 4.60. The summed E-state index contributed by atoms with van der Waals surface area (Å²) in [6.45, 7) is 16.0. The van der Waals surface area contributed by atoms with Gasteiger partial charge in [0, 0.05) is 12.1 Å². The largest absolute Gasteiger partial charge is 0.253 e. The molecule has 0 bridgehead atoms. The topological polar surface area (TPSA) is 12.4 Å². The van der Waals surface area contributed by atoms with E-state index in [9.17, 15) is 0 Å². The quantitative estimate of drug-likeness (QED) is 0.510. The van der Waals surface area contributed by atoms with Crippen molar-refractivity contribution in [1.29, 1.82) is 0 Å². The molecule has 0 saturated heterocycles. The third-order valence-electron chi connectivity index (χ3n) is 2.89. The van der Waals surface area contributed by atoms with Crippen LogP contribution in [0.3, 0.4) is 0 Å². The lowest BCUT2D eigenvalue weighted by Gasteiger charge is -1.93. The molecule has 1 nitrogen and oxygen atoms in total. The summed E-state index contributed by atoms with van der Waals surface area (Å²) in [7, 11) is 0. The van der Waals surface area contributed by atoms with Crippen molar-refractivity contribution in [2.24, 2.45) is 4.99 Å². The minimum Gasteiger partial charge on any atom is -0.253 e. The van der Waals surface area contributed by atoms with Crippen molar-refractivity contribution in [3.05, 3.63) is 71.8 Å². The van der Waals surface area contributed by atoms with Gasteiger partial charge >= 0.3 is 0 Å². The Bertz CT molecular complexity index is 580. The normalized spacial score (nSPS) is 9.92. The Balaban J connectivity index is -0.000000524. The van der Waals surface area contributed by atoms with Gasteiger partial charge in [-0.15, -0.1) is 0 Å². The van der Waals surface area contributed by atoms with Gasteiger partial charge in [-0.2, -0.15) is 0 Å². The zero-order valence-corrected chi connectivity index (χ0v) is 17.5. The third kappa shape index (κ3) is 10.7. The van der Waals surface area contributed by atoms with Crippen LogP contribution >= 0.6 is 0 Å². The average molecular weight is 356 g/mol. The van der Waals surface area contributed by atoms with Crippen molar-refractivity contribution in [2.75, 3.05) is 0 Å². The summed E-state index contributed by atoms with van der Waals surface area (Å²) in [5, 5.41) is 0. The number of rotatable bonds is 2. The molecule has 3 rings (SSSR count). The molecule has 2 aromatic carbocycles. The summed E-state index contributed by atoms with van der Waals surface area (Å²) in [5.41, 5.74) is 4.78. The summed E-state index contributed by atoms with van der Waals surface area (Å²) in [5.74, 6) is 0. The van der Waals surface area contributed by atoms with E-state index in [0.29, 0.717) is 0 Å². The van der Waals surface area contributed by atoms with Crippen LogP contribution in [0.2, 0.25) is 0 Å². The maximum absolute atomic E-state index is 4.60. The van der Waals surface area contributed by atoms with Gasteiger partial charge in [0.15, 0.2) is 0 Å². The Morgan fingerprint density at radius 3 is 1.69 bits per heavy atom. The van der Waals surface area contributed by atoms with Gasteiger partial charge in [0.25, 0.3) is 0 Å². The van der Waals surface area contributed by atoms with Crippen LogP contribution in [-0.2, 0) is 6.42 Å². The van der Waals surface area contributed by atoms with E-state index >= 15 is 0 Å². The van der Waals surface area contributed by atoms with Crippen LogP contribution in [0.25, 0.3) is 6.08 Å². The van der Waals surface area contributed by atoms with Gasteiger partial charge in [-0.05, 0) is 23.3 Å². The first kappa shape index (κ1) is 28.6. The summed E-state index contributed by atoms with van der Waals surface area (Å²) >= 11 is 0. The summed E-state index contributed by atoms with van der Waals surface area (Å²) in [6.07, 6.45) is 5.17. The van der Waals surface area contributed by atoms with Gasteiger partial charge in [0.2, 0.25) is 0 Å². The molecule has 0 fully saturated rings. The van der Waals surface area contributed by atoms with Gasteiger partial charge in [-0.1, -0.05) is 117 Å². The van der Waals surface area contributed by atoms with Gasteiger partial charge in [0.1, 0.15) is 0 Å². The van der Waals surface area contributed by atoms with E-state index in [0.717, 1.165) is 17.8 Å². The van der Waals surface area contributed by atoms with E-state index in [1.807, 2.05) is 79.7 Å². The molecule has 0 N–H and O–H groups in total. The second-order valence-corrected chi connectivity index (χ2v) is 4.15. The molecule has 0 spiro atoms. The number of nitrogens with zero attached hydrogens (tertiary/aromatic N) is 1. The third-order valence-corrected chi connectivity index (χ3v) is 2.89. The number of hydrogen-bond donors (Lipinski definition) is 0. The lowest BCUT2D eigenvalue weighted by molar-refractivity contribution is 1.40. The number of para-hydroxylation sites is 1. The van der Waals surface area contributed by atoms with Crippen molar-refractivity contribution in [3.63, 3.8) is 0 Å². The fourth-order valence-electron chi connectivity index (χ4n) is 2.01. The molecule has 1 aliphatic heterocycles. The van der Waals surface area contributed by atoms with Gasteiger partial charge in [-0.3, -0.25) is 4.99 Å². The Labute approximate surface area is 163 Å². The zero-order chi connectivity index (χ0) is 19.5. The molecular weight excluding hydrogens is 314 g/mol. The number of allylic oxidation sites excluding steroid dienone is 1. The molecule has 0 unspecified atom stereocenters. The fraction of sp³-hybridized carbons (Fsp3) is 0.400. The first-order valence-electron chi connectivity index (χ1n) is 9.80. The lowest BCUT2D eigenvalue weighted by Crippen LogP contribution is -1.91. The SMILES string of the molecule is C.C(=Cc1ccccc1)C1=Nc2ccccc2C1.CC.CC.CC.CC. The smallest absolute Gasteiger partial charge is 0.0669 e. The van der Waals surface area contributed by atoms with Crippen molar-refractivity contribution in [1.82, 2.24) is 0 Å². The lowest BCUT2D eigenvalue weighted by atomic mass is 10.1. The van der Waals surface area contributed by atoms with Crippen molar-refractivity contribution >= 4 is 17.5 Å². The molecular formula is C25H41N. The Hall–Kier alpha value is -2.15. The summed E-state index contributed by atoms with van der Waals surface area (Å²) < 4.78 is 0. The van der Waals surface area contributed by atoms with Crippen LogP contribution in [0.1, 0.15) is 73.9 Å². The van der Waals surface area contributed by atoms with E-state index in [1.165, 1.54) is 11.1 Å². The molecule has 1 heterocycles. The predicted molar refractivity (Wildman–Crippen MR) is 125 cm³/mol. The second kappa shape index (κ2) is 20.9. The molecule has 2 aromatic rings. The second-order valence-electron chi connectivity index (χ2n) is 4.15. The molecule has 0 saturated carbocycles. The maximum Gasteiger partial charge on any atom is 0.0669 e.